The first-order chi connectivity index (χ1) is 8.81. The van der Waals surface area contributed by atoms with E-state index < -0.39 is 5.82 Å². The van der Waals surface area contributed by atoms with Crippen LogP contribution in [0.25, 0.3) is 0 Å². The highest BCUT2D eigenvalue weighted by Crippen LogP contribution is 2.16. The van der Waals surface area contributed by atoms with Crippen LogP contribution in [-0.2, 0) is 6.54 Å². The molecule has 0 saturated carbocycles. The minimum Gasteiger partial charge on any atom is -0.357 e. The van der Waals surface area contributed by atoms with E-state index in [9.17, 15) is 4.39 Å². The average Bonchev–Trinajstić information content (AvgIpc) is 2.29. The van der Waals surface area contributed by atoms with Gasteiger partial charge in [0.2, 0.25) is 0 Å². The van der Waals surface area contributed by atoms with Crippen LogP contribution in [-0.4, -0.2) is 18.0 Å². The van der Waals surface area contributed by atoms with Gasteiger partial charge in [0.05, 0.1) is 11.6 Å². The zero-order valence-electron chi connectivity index (χ0n) is 12.3. The van der Waals surface area contributed by atoms with Crippen LogP contribution in [0, 0.1) is 5.82 Å². The predicted octanol–water partition coefficient (Wildman–Crippen LogP) is 3.95. The van der Waals surface area contributed by atoms with E-state index in [1.165, 1.54) is 6.07 Å². The third kappa shape index (κ3) is 7.28. The van der Waals surface area contributed by atoms with E-state index in [1.54, 1.807) is 12.1 Å². The zero-order chi connectivity index (χ0) is 14.5. The molecule has 0 aliphatic heterocycles. The number of nitrogens with one attached hydrogen (secondary N) is 2. The Kier molecular flexibility index (Phi) is 8.42. The molecule has 0 amide bonds. The van der Waals surface area contributed by atoms with Crippen molar-refractivity contribution in [1.82, 2.24) is 10.6 Å². The Labute approximate surface area is 142 Å². The van der Waals surface area contributed by atoms with E-state index >= 15 is 0 Å². The van der Waals surface area contributed by atoms with Gasteiger partial charge in [0.15, 0.2) is 5.96 Å². The van der Waals surface area contributed by atoms with Gasteiger partial charge in [-0.3, -0.25) is 0 Å². The van der Waals surface area contributed by atoms with E-state index in [1.807, 2.05) is 6.92 Å². The Morgan fingerprint density at radius 1 is 1.35 bits per heavy atom. The summed E-state index contributed by atoms with van der Waals surface area (Å²) in [6.07, 6.45) is 0. The Hall–Kier alpha value is -0.560. The monoisotopic (exact) mass is 413 g/mol. The lowest BCUT2D eigenvalue weighted by molar-refractivity contribution is 0.501. The van der Waals surface area contributed by atoms with E-state index in [0.29, 0.717) is 6.54 Å². The van der Waals surface area contributed by atoms with Crippen LogP contribution in [0.15, 0.2) is 23.2 Å². The van der Waals surface area contributed by atoms with Crippen LogP contribution in [0.2, 0.25) is 5.02 Å². The molecule has 0 unspecified atom stereocenters. The van der Waals surface area contributed by atoms with Crippen molar-refractivity contribution >= 4 is 41.5 Å². The molecular weight excluding hydrogens is 392 g/mol. The van der Waals surface area contributed by atoms with Crippen molar-refractivity contribution in [2.45, 2.75) is 39.8 Å². The standard InChI is InChI=1S/C14H21ClFN3.HI/c1-5-17-13(19-14(2,3)4)18-9-10-6-7-12(16)11(15)8-10;/h6-8H,5,9H2,1-4H3,(H2,17,18,19);1H. The van der Waals surface area contributed by atoms with Crippen molar-refractivity contribution in [2.75, 3.05) is 6.54 Å². The Balaban J connectivity index is 0.00000361. The number of benzene rings is 1. The molecule has 0 aliphatic carbocycles. The third-order valence-electron chi connectivity index (χ3n) is 2.24. The summed E-state index contributed by atoms with van der Waals surface area (Å²) >= 11 is 5.74. The van der Waals surface area contributed by atoms with Gasteiger partial charge in [-0.1, -0.05) is 17.7 Å². The van der Waals surface area contributed by atoms with Gasteiger partial charge in [0.1, 0.15) is 5.82 Å². The molecule has 0 fully saturated rings. The number of hydrogen-bond acceptors (Lipinski definition) is 1. The molecule has 1 rings (SSSR count). The van der Waals surface area contributed by atoms with Crippen LogP contribution in [0.3, 0.4) is 0 Å². The molecule has 6 heteroatoms. The minimum atomic E-state index is -0.408. The van der Waals surface area contributed by atoms with E-state index in [2.05, 4.69) is 36.4 Å². The lowest BCUT2D eigenvalue weighted by atomic mass is 10.1. The number of hydrogen-bond donors (Lipinski definition) is 2. The minimum absolute atomic E-state index is 0. The highest BCUT2D eigenvalue weighted by molar-refractivity contribution is 14.0. The van der Waals surface area contributed by atoms with Crippen LogP contribution in [0.5, 0.6) is 0 Å². The van der Waals surface area contributed by atoms with Crippen molar-refractivity contribution in [3.63, 3.8) is 0 Å². The number of halogens is 3. The molecule has 0 saturated heterocycles. The fourth-order valence-corrected chi connectivity index (χ4v) is 1.67. The van der Waals surface area contributed by atoms with Crippen molar-refractivity contribution in [2.24, 2.45) is 4.99 Å². The summed E-state index contributed by atoms with van der Waals surface area (Å²) in [6, 6.07) is 4.64. The summed E-state index contributed by atoms with van der Waals surface area (Å²) in [5.41, 5.74) is 0.805. The maximum atomic E-state index is 13.0. The lowest BCUT2D eigenvalue weighted by Crippen LogP contribution is -2.47. The Bertz CT molecular complexity index is 458. The highest BCUT2D eigenvalue weighted by Gasteiger charge is 2.11. The van der Waals surface area contributed by atoms with Crippen molar-refractivity contribution in [3.05, 3.63) is 34.6 Å². The fourth-order valence-electron chi connectivity index (χ4n) is 1.47. The summed E-state index contributed by atoms with van der Waals surface area (Å²) < 4.78 is 13.0. The van der Waals surface area contributed by atoms with Crippen LogP contribution >= 0.6 is 35.6 Å². The molecule has 0 bridgehead atoms. The van der Waals surface area contributed by atoms with Gasteiger partial charge in [0.25, 0.3) is 0 Å². The molecular formula is C14H22ClFIN3. The Morgan fingerprint density at radius 3 is 2.50 bits per heavy atom. The quantitative estimate of drug-likeness (QED) is 0.447. The van der Waals surface area contributed by atoms with E-state index in [-0.39, 0.29) is 34.5 Å². The predicted molar refractivity (Wildman–Crippen MR) is 94.5 cm³/mol. The summed E-state index contributed by atoms with van der Waals surface area (Å²) in [6.45, 7) is 9.43. The maximum absolute atomic E-state index is 13.0. The van der Waals surface area contributed by atoms with Gasteiger partial charge in [0, 0.05) is 12.1 Å². The van der Waals surface area contributed by atoms with Crippen molar-refractivity contribution in [3.8, 4) is 0 Å². The summed E-state index contributed by atoms with van der Waals surface area (Å²) in [5.74, 6) is 0.324. The van der Waals surface area contributed by atoms with Crippen molar-refractivity contribution in [1.29, 1.82) is 0 Å². The highest BCUT2D eigenvalue weighted by atomic mass is 127. The maximum Gasteiger partial charge on any atom is 0.191 e. The largest absolute Gasteiger partial charge is 0.357 e. The molecule has 0 heterocycles. The van der Waals surface area contributed by atoms with Gasteiger partial charge >= 0.3 is 0 Å². The molecule has 1 aromatic rings. The van der Waals surface area contributed by atoms with Crippen LogP contribution in [0.4, 0.5) is 4.39 Å². The molecule has 0 atom stereocenters. The van der Waals surface area contributed by atoms with E-state index in [0.717, 1.165) is 18.1 Å². The topological polar surface area (TPSA) is 36.4 Å². The van der Waals surface area contributed by atoms with Gasteiger partial charge in [-0.2, -0.15) is 0 Å². The summed E-state index contributed by atoms with van der Waals surface area (Å²) in [7, 11) is 0. The first kappa shape index (κ1) is 19.4. The summed E-state index contributed by atoms with van der Waals surface area (Å²) in [4.78, 5) is 4.45. The number of rotatable bonds is 3. The third-order valence-corrected chi connectivity index (χ3v) is 2.53. The molecule has 0 spiro atoms. The summed E-state index contributed by atoms with van der Waals surface area (Å²) in [5, 5.41) is 6.58. The zero-order valence-corrected chi connectivity index (χ0v) is 15.3. The normalized spacial score (nSPS) is 11.8. The molecule has 114 valence electrons. The van der Waals surface area contributed by atoms with Crippen LogP contribution in [0.1, 0.15) is 33.3 Å². The second kappa shape index (κ2) is 8.67. The smallest absolute Gasteiger partial charge is 0.191 e. The first-order valence-corrected chi connectivity index (χ1v) is 6.70. The molecule has 2 N–H and O–H groups in total. The number of nitrogens with zero attached hydrogens (tertiary/aromatic N) is 1. The van der Waals surface area contributed by atoms with Crippen molar-refractivity contribution < 1.29 is 4.39 Å². The molecule has 0 aromatic heterocycles. The first-order valence-electron chi connectivity index (χ1n) is 6.32. The van der Waals surface area contributed by atoms with E-state index in [4.69, 9.17) is 11.6 Å². The number of aliphatic imine (C=N–C) groups is 1. The second-order valence-corrected chi connectivity index (χ2v) is 5.73. The molecule has 1 aromatic carbocycles. The molecule has 20 heavy (non-hydrogen) atoms. The van der Waals surface area contributed by atoms with Crippen LogP contribution < -0.4 is 10.6 Å². The second-order valence-electron chi connectivity index (χ2n) is 5.32. The Morgan fingerprint density at radius 2 is 2.00 bits per heavy atom. The van der Waals surface area contributed by atoms with Gasteiger partial charge in [-0.15, -0.1) is 24.0 Å². The molecule has 0 radical (unpaired) electrons. The van der Waals surface area contributed by atoms with Gasteiger partial charge < -0.3 is 10.6 Å². The van der Waals surface area contributed by atoms with Gasteiger partial charge in [-0.05, 0) is 45.4 Å². The molecule has 0 aliphatic rings. The lowest BCUT2D eigenvalue weighted by Gasteiger charge is -2.23. The average molecular weight is 414 g/mol. The molecule has 3 nitrogen and oxygen atoms in total. The number of guanidine groups is 1. The van der Waals surface area contributed by atoms with Gasteiger partial charge in [-0.25, -0.2) is 9.38 Å². The fraction of sp³-hybridized carbons (Fsp3) is 0.500. The SMILES string of the molecule is CCNC(=NCc1ccc(F)c(Cl)c1)NC(C)(C)C.I.